The molecule has 0 atom stereocenters. The standard InChI is InChI=1S/C11H9N3S/c1-9-7-15-11(13-9)14(8-12)10-5-3-2-4-6-10/h2-7H,1H3. The van der Waals surface area contributed by atoms with Gasteiger partial charge >= 0.3 is 0 Å². The molecular weight excluding hydrogens is 206 g/mol. The van der Waals surface area contributed by atoms with E-state index in [0.29, 0.717) is 5.13 Å². The summed E-state index contributed by atoms with van der Waals surface area (Å²) >= 11 is 1.47. The molecule has 0 N–H and O–H groups in total. The predicted octanol–water partition coefficient (Wildman–Crippen LogP) is 3.07. The Labute approximate surface area is 92.2 Å². The molecule has 0 unspecified atom stereocenters. The van der Waals surface area contributed by atoms with Crippen LogP contribution in [0, 0.1) is 18.4 Å². The van der Waals surface area contributed by atoms with Gasteiger partial charge in [-0.15, -0.1) is 11.3 Å². The highest BCUT2D eigenvalue weighted by atomic mass is 32.1. The Morgan fingerprint density at radius 2 is 2.07 bits per heavy atom. The Bertz CT molecular complexity index is 484. The van der Waals surface area contributed by atoms with Gasteiger partial charge in [0.1, 0.15) is 0 Å². The van der Waals surface area contributed by atoms with Crippen LogP contribution in [0.1, 0.15) is 5.69 Å². The maximum Gasteiger partial charge on any atom is 0.203 e. The van der Waals surface area contributed by atoms with Gasteiger partial charge in [-0.2, -0.15) is 5.26 Å². The van der Waals surface area contributed by atoms with Crippen molar-refractivity contribution in [3.63, 3.8) is 0 Å². The van der Waals surface area contributed by atoms with E-state index in [2.05, 4.69) is 11.2 Å². The van der Waals surface area contributed by atoms with Crippen molar-refractivity contribution in [1.82, 2.24) is 4.98 Å². The van der Waals surface area contributed by atoms with Crippen LogP contribution in [0.25, 0.3) is 0 Å². The van der Waals surface area contributed by atoms with Crippen molar-refractivity contribution < 1.29 is 0 Å². The van der Waals surface area contributed by atoms with Gasteiger partial charge in [-0.05, 0) is 19.1 Å². The number of nitrogens with zero attached hydrogens (tertiary/aromatic N) is 3. The molecule has 2 aromatic rings. The Kier molecular flexibility index (Phi) is 2.66. The van der Waals surface area contributed by atoms with Crippen LogP contribution in [-0.4, -0.2) is 4.98 Å². The van der Waals surface area contributed by atoms with Crippen molar-refractivity contribution in [2.24, 2.45) is 0 Å². The van der Waals surface area contributed by atoms with Crippen LogP contribution >= 0.6 is 11.3 Å². The molecule has 0 spiro atoms. The summed E-state index contributed by atoms with van der Waals surface area (Å²) in [6.07, 6.45) is 2.13. The molecule has 74 valence electrons. The first-order chi connectivity index (χ1) is 7.31. The molecule has 1 aromatic carbocycles. The van der Waals surface area contributed by atoms with Crippen molar-refractivity contribution in [2.75, 3.05) is 4.90 Å². The first-order valence-electron chi connectivity index (χ1n) is 4.48. The van der Waals surface area contributed by atoms with E-state index in [9.17, 15) is 0 Å². The molecule has 0 fully saturated rings. The van der Waals surface area contributed by atoms with E-state index in [-0.39, 0.29) is 0 Å². The molecular formula is C11H9N3S. The second kappa shape index (κ2) is 4.11. The monoisotopic (exact) mass is 215 g/mol. The Morgan fingerprint density at radius 1 is 1.33 bits per heavy atom. The fourth-order valence-corrected chi connectivity index (χ4v) is 2.01. The average molecular weight is 215 g/mol. The van der Waals surface area contributed by atoms with Gasteiger partial charge in [0.05, 0.1) is 11.4 Å². The van der Waals surface area contributed by atoms with E-state index in [1.165, 1.54) is 16.2 Å². The number of thiazole rings is 1. The zero-order chi connectivity index (χ0) is 10.7. The van der Waals surface area contributed by atoms with Crippen molar-refractivity contribution in [3.05, 3.63) is 41.4 Å². The van der Waals surface area contributed by atoms with E-state index >= 15 is 0 Å². The summed E-state index contributed by atoms with van der Waals surface area (Å²) < 4.78 is 0. The quantitative estimate of drug-likeness (QED) is 0.571. The van der Waals surface area contributed by atoms with Crippen LogP contribution in [0.3, 0.4) is 0 Å². The molecule has 2 rings (SSSR count). The number of benzene rings is 1. The Balaban J connectivity index is 2.38. The summed E-state index contributed by atoms with van der Waals surface area (Å²) in [5.74, 6) is 0. The van der Waals surface area contributed by atoms with Gasteiger partial charge in [0.2, 0.25) is 5.13 Å². The van der Waals surface area contributed by atoms with E-state index in [4.69, 9.17) is 5.26 Å². The molecule has 4 heteroatoms. The van der Waals surface area contributed by atoms with E-state index in [1.807, 2.05) is 42.6 Å². The zero-order valence-corrected chi connectivity index (χ0v) is 9.03. The Hall–Kier alpha value is -1.86. The molecule has 0 aliphatic rings. The van der Waals surface area contributed by atoms with Crippen LogP contribution in [-0.2, 0) is 0 Å². The number of anilines is 2. The number of hydrogen-bond acceptors (Lipinski definition) is 4. The van der Waals surface area contributed by atoms with Gasteiger partial charge in [0.25, 0.3) is 0 Å². The van der Waals surface area contributed by atoms with Gasteiger partial charge in [-0.3, -0.25) is 0 Å². The summed E-state index contributed by atoms with van der Waals surface area (Å²) in [7, 11) is 0. The third-order valence-corrected chi connectivity index (χ3v) is 2.86. The highest BCUT2D eigenvalue weighted by Gasteiger charge is 2.10. The largest absolute Gasteiger partial charge is 0.224 e. The lowest BCUT2D eigenvalue weighted by molar-refractivity contribution is 1.18. The summed E-state index contributed by atoms with van der Waals surface area (Å²) in [5.41, 5.74) is 1.78. The van der Waals surface area contributed by atoms with E-state index in [0.717, 1.165) is 11.4 Å². The van der Waals surface area contributed by atoms with Crippen LogP contribution in [0.5, 0.6) is 0 Å². The van der Waals surface area contributed by atoms with Crippen molar-refractivity contribution >= 4 is 22.2 Å². The molecule has 1 aromatic heterocycles. The molecule has 0 aliphatic heterocycles. The fourth-order valence-electron chi connectivity index (χ4n) is 1.23. The predicted molar refractivity (Wildman–Crippen MR) is 61.0 cm³/mol. The third-order valence-electron chi connectivity index (χ3n) is 1.91. The van der Waals surface area contributed by atoms with Gasteiger partial charge < -0.3 is 0 Å². The molecule has 0 radical (unpaired) electrons. The lowest BCUT2D eigenvalue weighted by Crippen LogP contribution is -2.07. The van der Waals surface area contributed by atoms with Crippen molar-refractivity contribution in [2.45, 2.75) is 6.92 Å². The van der Waals surface area contributed by atoms with Gasteiger partial charge in [0, 0.05) is 5.38 Å². The van der Waals surface area contributed by atoms with E-state index < -0.39 is 0 Å². The van der Waals surface area contributed by atoms with Gasteiger partial charge in [-0.25, -0.2) is 9.88 Å². The number of aromatic nitrogens is 1. The molecule has 15 heavy (non-hydrogen) atoms. The number of nitriles is 1. The molecule has 0 amide bonds. The second-order valence-corrected chi connectivity index (χ2v) is 3.88. The maximum absolute atomic E-state index is 9.08. The third kappa shape index (κ3) is 1.97. The molecule has 0 aliphatic carbocycles. The summed E-state index contributed by atoms with van der Waals surface area (Å²) in [6.45, 7) is 1.92. The minimum absolute atomic E-state index is 0.709. The highest BCUT2D eigenvalue weighted by molar-refractivity contribution is 7.13. The topological polar surface area (TPSA) is 39.9 Å². The minimum atomic E-state index is 0.709. The number of rotatable bonds is 2. The van der Waals surface area contributed by atoms with Gasteiger partial charge in [-0.1, -0.05) is 18.2 Å². The summed E-state index contributed by atoms with van der Waals surface area (Å²) in [6, 6.07) is 9.51. The van der Waals surface area contributed by atoms with E-state index in [1.54, 1.807) is 0 Å². The molecule has 1 heterocycles. The first-order valence-corrected chi connectivity index (χ1v) is 5.36. The van der Waals surface area contributed by atoms with Crippen LogP contribution < -0.4 is 4.90 Å². The van der Waals surface area contributed by atoms with Crippen LogP contribution in [0.15, 0.2) is 35.7 Å². The van der Waals surface area contributed by atoms with Crippen LogP contribution in [0.2, 0.25) is 0 Å². The SMILES string of the molecule is Cc1csc(N(C#N)c2ccccc2)n1. The molecule has 0 bridgehead atoms. The lowest BCUT2D eigenvalue weighted by Gasteiger charge is -2.10. The summed E-state index contributed by atoms with van der Waals surface area (Å²) in [5, 5.41) is 11.7. The zero-order valence-electron chi connectivity index (χ0n) is 8.21. The van der Waals surface area contributed by atoms with Gasteiger partial charge in [0.15, 0.2) is 6.19 Å². The summed E-state index contributed by atoms with van der Waals surface area (Å²) in [4.78, 5) is 5.81. The minimum Gasteiger partial charge on any atom is -0.224 e. The van der Waals surface area contributed by atoms with Crippen molar-refractivity contribution in [3.8, 4) is 6.19 Å². The normalized spacial score (nSPS) is 9.60. The Morgan fingerprint density at radius 3 is 2.60 bits per heavy atom. The number of para-hydroxylation sites is 1. The van der Waals surface area contributed by atoms with Crippen molar-refractivity contribution in [1.29, 1.82) is 5.26 Å². The number of aryl methyl sites for hydroxylation is 1. The fraction of sp³-hybridized carbons (Fsp3) is 0.0909. The number of hydrogen-bond donors (Lipinski definition) is 0. The molecule has 0 saturated carbocycles. The lowest BCUT2D eigenvalue weighted by atomic mass is 10.3. The second-order valence-electron chi connectivity index (χ2n) is 3.04. The highest BCUT2D eigenvalue weighted by Crippen LogP contribution is 2.27. The molecule has 0 saturated heterocycles. The average Bonchev–Trinajstić information content (AvgIpc) is 2.68. The molecule has 3 nitrogen and oxygen atoms in total. The smallest absolute Gasteiger partial charge is 0.203 e. The van der Waals surface area contributed by atoms with Crippen LogP contribution in [0.4, 0.5) is 10.8 Å². The maximum atomic E-state index is 9.08. The first kappa shape index (κ1) is 9.69.